The fourth-order valence-electron chi connectivity index (χ4n) is 3.39. The van der Waals surface area contributed by atoms with E-state index in [-0.39, 0.29) is 17.9 Å². The van der Waals surface area contributed by atoms with Gasteiger partial charge in [-0.05, 0) is 36.8 Å². The molecule has 0 bridgehead atoms. The van der Waals surface area contributed by atoms with Gasteiger partial charge in [-0.2, -0.15) is 0 Å². The van der Waals surface area contributed by atoms with Crippen molar-refractivity contribution in [3.63, 3.8) is 0 Å². The van der Waals surface area contributed by atoms with Gasteiger partial charge in [0.25, 0.3) is 5.91 Å². The molecule has 0 saturated carbocycles. The van der Waals surface area contributed by atoms with E-state index in [1.807, 2.05) is 50.5 Å². The standard InChI is InChI=1S/C21H24ClN3O2/c1-24(2)19(17-6-3-4-7-18(17)22)14-23-21(27)15-9-11-16(12-10-15)25-13-5-8-20(25)26/h3-4,6-7,9-12,19H,5,8,13-14H2,1-2H3,(H,23,27)/p+1/t19-/m0/s1. The largest absolute Gasteiger partial charge is 0.346 e. The number of benzene rings is 2. The number of anilines is 1. The summed E-state index contributed by atoms with van der Waals surface area (Å²) in [5, 5.41) is 3.71. The van der Waals surface area contributed by atoms with Crippen LogP contribution in [0, 0.1) is 0 Å². The van der Waals surface area contributed by atoms with Gasteiger partial charge in [0.15, 0.2) is 0 Å². The molecule has 3 rings (SSSR count). The molecule has 1 heterocycles. The lowest BCUT2D eigenvalue weighted by atomic mass is 10.1. The second-order valence-corrected chi connectivity index (χ2v) is 7.46. The fraction of sp³-hybridized carbons (Fsp3) is 0.333. The normalized spacial score (nSPS) is 15.3. The molecule has 0 aromatic heterocycles. The van der Waals surface area contributed by atoms with Crippen molar-refractivity contribution >= 4 is 29.1 Å². The number of halogens is 1. The van der Waals surface area contributed by atoms with Crippen molar-refractivity contribution in [1.82, 2.24) is 5.32 Å². The molecule has 2 aromatic rings. The number of carbonyl (C=O) groups is 2. The Kier molecular flexibility index (Phi) is 6.14. The molecule has 27 heavy (non-hydrogen) atoms. The highest BCUT2D eigenvalue weighted by Gasteiger charge is 2.23. The number of quaternary nitrogens is 1. The summed E-state index contributed by atoms with van der Waals surface area (Å²) in [5.74, 6) is 0.0105. The van der Waals surface area contributed by atoms with Crippen LogP contribution < -0.4 is 15.1 Å². The van der Waals surface area contributed by atoms with Crippen molar-refractivity contribution in [3.8, 4) is 0 Å². The summed E-state index contributed by atoms with van der Waals surface area (Å²) >= 11 is 6.33. The Bertz CT molecular complexity index is 820. The number of rotatable bonds is 6. The first-order valence-electron chi connectivity index (χ1n) is 9.20. The van der Waals surface area contributed by atoms with E-state index in [2.05, 4.69) is 5.32 Å². The molecule has 5 nitrogen and oxygen atoms in total. The van der Waals surface area contributed by atoms with E-state index in [1.165, 1.54) is 4.90 Å². The highest BCUT2D eigenvalue weighted by atomic mass is 35.5. The van der Waals surface area contributed by atoms with Crippen molar-refractivity contribution < 1.29 is 14.5 Å². The third-order valence-corrected chi connectivity index (χ3v) is 5.30. The maximum absolute atomic E-state index is 12.6. The number of hydrogen-bond donors (Lipinski definition) is 2. The average Bonchev–Trinajstić information content (AvgIpc) is 3.09. The van der Waals surface area contributed by atoms with Crippen molar-refractivity contribution in [3.05, 3.63) is 64.7 Å². The van der Waals surface area contributed by atoms with E-state index in [9.17, 15) is 9.59 Å². The highest BCUT2D eigenvalue weighted by Crippen LogP contribution is 2.22. The van der Waals surface area contributed by atoms with Crippen LogP contribution in [0.3, 0.4) is 0 Å². The number of hydrogen-bond acceptors (Lipinski definition) is 2. The minimum absolute atomic E-state index is 0.0594. The summed E-state index contributed by atoms with van der Waals surface area (Å²) in [7, 11) is 4.09. The van der Waals surface area contributed by atoms with Crippen LogP contribution >= 0.6 is 11.6 Å². The van der Waals surface area contributed by atoms with Gasteiger partial charge in [-0.15, -0.1) is 0 Å². The summed E-state index contributed by atoms with van der Waals surface area (Å²) in [6.07, 6.45) is 1.48. The molecular weight excluding hydrogens is 362 g/mol. The Morgan fingerprint density at radius 1 is 1.19 bits per heavy atom. The van der Waals surface area contributed by atoms with Crippen molar-refractivity contribution in [2.24, 2.45) is 0 Å². The molecule has 1 saturated heterocycles. The Balaban J connectivity index is 1.66. The van der Waals surface area contributed by atoms with E-state index in [0.717, 1.165) is 24.2 Å². The second-order valence-electron chi connectivity index (χ2n) is 7.06. The predicted octanol–water partition coefficient (Wildman–Crippen LogP) is 2.08. The summed E-state index contributed by atoms with van der Waals surface area (Å²) < 4.78 is 0. The van der Waals surface area contributed by atoms with Crippen LogP contribution in [0.4, 0.5) is 5.69 Å². The highest BCUT2D eigenvalue weighted by molar-refractivity contribution is 6.31. The molecule has 0 radical (unpaired) electrons. The van der Waals surface area contributed by atoms with E-state index < -0.39 is 0 Å². The first-order chi connectivity index (χ1) is 13.0. The molecular formula is C21H25ClN3O2+. The minimum Gasteiger partial charge on any atom is -0.346 e. The van der Waals surface area contributed by atoms with Crippen LogP contribution in [0.1, 0.15) is 34.8 Å². The quantitative estimate of drug-likeness (QED) is 0.798. The van der Waals surface area contributed by atoms with E-state index in [4.69, 9.17) is 11.6 Å². The van der Waals surface area contributed by atoms with Crippen LogP contribution in [-0.4, -0.2) is 39.0 Å². The third kappa shape index (κ3) is 4.49. The topological polar surface area (TPSA) is 53.9 Å². The van der Waals surface area contributed by atoms with Crippen molar-refractivity contribution in [2.75, 3.05) is 32.1 Å². The zero-order valence-electron chi connectivity index (χ0n) is 15.7. The van der Waals surface area contributed by atoms with Crippen molar-refractivity contribution in [2.45, 2.75) is 18.9 Å². The predicted molar refractivity (Wildman–Crippen MR) is 107 cm³/mol. The molecule has 0 aliphatic carbocycles. The molecule has 1 fully saturated rings. The van der Waals surface area contributed by atoms with E-state index in [1.54, 1.807) is 17.0 Å². The molecule has 2 N–H and O–H groups in total. The maximum Gasteiger partial charge on any atom is 0.251 e. The van der Waals surface area contributed by atoms with Gasteiger partial charge in [0.1, 0.15) is 6.04 Å². The van der Waals surface area contributed by atoms with Crippen LogP contribution in [-0.2, 0) is 4.79 Å². The monoisotopic (exact) mass is 386 g/mol. The third-order valence-electron chi connectivity index (χ3n) is 4.96. The number of nitrogens with one attached hydrogen (secondary N) is 2. The van der Waals surface area contributed by atoms with Crippen LogP contribution in [0.15, 0.2) is 48.5 Å². The maximum atomic E-state index is 12.6. The fourth-order valence-corrected chi connectivity index (χ4v) is 3.66. The molecule has 142 valence electrons. The zero-order valence-corrected chi connectivity index (χ0v) is 16.4. The van der Waals surface area contributed by atoms with E-state index >= 15 is 0 Å². The number of carbonyl (C=O) groups excluding carboxylic acids is 2. The first-order valence-corrected chi connectivity index (χ1v) is 9.58. The summed E-state index contributed by atoms with van der Waals surface area (Å²) in [6.45, 7) is 1.23. The second kappa shape index (κ2) is 8.55. The van der Waals surface area contributed by atoms with Gasteiger partial charge in [0, 0.05) is 34.8 Å². The van der Waals surface area contributed by atoms with Gasteiger partial charge in [0.2, 0.25) is 5.91 Å². The lowest BCUT2D eigenvalue weighted by Crippen LogP contribution is -3.07. The molecule has 0 unspecified atom stereocenters. The molecule has 1 atom stereocenters. The SMILES string of the molecule is C[NH+](C)[C@@H](CNC(=O)c1ccc(N2CCCC2=O)cc1)c1ccccc1Cl. The molecule has 2 amide bonds. The van der Waals surface area contributed by atoms with Crippen LogP contribution in [0.5, 0.6) is 0 Å². The average molecular weight is 387 g/mol. The zero-order chi connectivity index (χ0) is 19.4. The summed E-state index contributed by atoms with van der Waals surface area (Å²) in [4.78, 5) is 27.3. The molecule has 0 spiro atoms. The minimum atomic E-state index is -0.132. The lowest BCUT2D eigenvalue weighted by molar-refractivity contribution is -0.890. The Morgan fingerprint density at radius 2 is 1.89 bits per heavy atom. The van der Waals surface area contributed by atoms with Crippen LogP contribution in [0.25, 0.3) is 0 Å². The van der Waals surface area contributed by atoms with Gasteiger partial charge in [-0.1, -0.05) is 29.8 Å². The molecule has 6 heteroatoms. The van der Waals surface area contributed by atoms with Gasteiger partial charge in [-0.3, -0.25) is 9.59 Å². The number of likely N-dealkylation sites (N-methyl/N-ethyl adjacent to an activating group) is 1. The first kappa shape index (κ1) is 19.4. The molecule has 1 aliphatic rings. The van der Waals surface area contributed by atoms with Crippen LogP contribution in [0.2, 0.25) is 5.02 Å². The van der Waals surface area contributed by atoms with Gasteiger partial charge in [0.05, 0.1) is 20.6 Å². The van der Waals surface area contributed by atoms with Gasteiger partial charge in [-0.25, -0.2) is 0 Å². The van der Waals surface area contributed by atoms with Gasteiger partial charge < -0.3 is 15.1 Å². The lowest BCUT2D eigenvalue weighted by Gasteiger charge is -2.23. The number of nitrogens with zero attached hydrogens (tertiary/aromatic N) is 1. The summed E-state index contributed by atoms with van der Waals surface area (Å²) in [5.41, 5.74) is 2.44. The Morgan fingerprint density at radius 3 is 2.48 bits per heavy atom. The smallest absolute Gasteiger partial charge is 0.251 e. The molecule has 1 aliphatic heterocycles. The van der Waals surface area contributed by atoms with Gasteiger partial charge >= 0.3 is 0 Å². The molecule has 2 aromatic carbocycles. The summed E-state index contributed by atoms with van der Waals surface area (Å²) in [6, 6.07) is 15.0. The number of amides is 2. The Hall–Kier alpha value is -2.37. The van der Waals surface area contributed by atoms with Crippen molar-refractivity contribution in [1.29, 1.82) is 0 Å². The Labute approximate surface area is 164 Å². The van der Waals surface area contributed by atoms with E-state index in [0.29, 0.717) is 23.6 Å².